The van der Waals surface area contributed by atoms with Gasteiger partial charge in [-0.2, -0.15) is 0 Å². The molecule has 1 fully saturated rings. The molecule has 6 nitrogen and oxygen atoms in total. The van der Waals surface area contributed by atoms with Gasteiger partial charge in [-0.25, -0.2) is 4.79 Å². The zero-order valence-electron chi connectivity index (χ0n) is 11.0. The molecule has 0 saturated carbocycles. The van der Waals surface area contributed by atoms with Crippen molar-refractivity contribution < 1.29 is 19.4 Å². The number of carboxylic acid groups (broad SMARTS) is 1. The topological polar surface area (TPSA) is 78.9 Å². The number of nitrogens with zero attached hydrogens (tertiary/aromatic N) is 1. The summed E-state index contributed by atoms with van der Waals surface area (Å²) in [5, 5.41) is 11.5. The second-order valence-corrected chi connectivity index (χ2v) is 4.79. The first-order chi connectivity index (χ1) is 8.50. The van der Waals surface area contributed by atoms with Crippen molar-refractivity contribution in [3.05, 3.63) is 0 Å². The van der Waals surface area contributed by atoms with E-state index in [1.807, 2.05) is 0 Å². The van der Waals surface area contributed by atoms with Gasteiger partial charge in [-0.3, -0.25) is 4.79 Å². The minimum Gasteiger partial charge on any atom is -0.480 e. The fourth-order valence-electron chi connectivity index (χ4n) is 1.91. The van der Waals surface area contributed by atoms with Crippen molar-refractivity contribution in [3.63, 3.8) is 0 Å². The van der Waals surface area contributed by atoms with Gasteiger partial charge in [0.05, 0.1) is 6.10 Å². The average molecular weight is 258 g/mol. The second-order valence-electron chi connectivity index (χ2n) is 4.79. The fraction of sp³-hybridized carbons (Fsp3) is 0.833. The van der Waals surface area contributed by atoms with E-state index < -0.39 is 5.97 Å². The SMILES string of the molecule is CC(C)N(CC(=O)O)C(=O)NCC1CCCCO1. The molecule has 6 heteroatoms. The van der Waals surface area contributed by atoms with Crippen LogP contribution in [0.25, 0.3) is 0 Å². The van der Waals surface area contributed by atoms with Crippen LogP contribution in [0.4, 0.5) is 4.79 Å². The maximum Gasteiger partial charge on any atom is 0.323 e. The molecule has 0 radical (unpaired) electrons. The van der Waals surface area contributed by atoms with Gasteiger partial charge in [0.25, 0.3) is 0 Å². The Labute approximate surface area is 107 Å². The quantitative estimate of drug-likeness (QED) is 0.773. The van der Waals surface area contributed by atoms with Crippen molar-refractivity contribution in [1.82, 2.24) is 10.2 Å². The number of ether oxygens (including phenoxy) is 1. The lowest BCUT2D eigenvalue weighted by atomic mass is 10.1. The summed E-state index contributed by atoms with van der Waals surface area (Å²) in [6, 6.07) is -0.491. The number of rotatable bonds is 5. The Morgan fingerprint density at radius 2 is 2.17 bits per heavy atom. The fourth-order valence-corrected chi connectivity index (χ4v) is 1.91. The van der Waals surface area contributed by atoms with E-state index in [0.717, 1.165) is 25.9 Å². The van der Waals surface area contributed by atoms with Crippen molar-refractivity contribution in [2.24, 2.45) is 0 Å². The van der Waals surface area contributed by atoms with Gasteiger partial charge >= 0.3 is 12.0 Å². The van der Waals surface area contributed by atoms with Crippen molar-refractivity contribution in [1.29, 1.82) is 0 Å². The van der Waals surface area contributed by atoms with Crippen LogP contribution >= 0.6 is 0 Å². The van der Waals surface area contributed by atoms with E-state index in [1.54, 1.807) is 13.8 Å². The largest absolute Gasteiger partial charge is 0.480 e. The number of carbonyl (C=O) groups excluding carboxylic acids is 1. The average Bonchev–Trinajstić information content (AvgIpc) is 2.34. The molecule has 18 heavy (non-hydrogen) atoms. The minimum absolute atomic E-state index is 0.0570. The Bertz CT molecular complexity index is 288. The molecule has 0 aliphatic carbocycles. The molecule has 0 aromatic heterocycles. The summed E-state index contributed by atoms with van der Waals surface area (Å²) in [7, 11) is 0. The van der Waals surface area contributed by atoms with Gasteiger partial charge in [0.15, 0.2) is 0 Å². The summed E-state index contributed by atoms with van der Waals surface area (Å²) >= 11 is 0. The van der Waals surface area contributed by atoms with Crippen LogP contribution in [0.15, 0.2) is 0 Å². The lowest BCUT2D eigenvalue weighted by Gasteiger charge is -2.27. The molecule has 2 amide bonds. The number of urea groups is 1. The molecule has 2 N–H and O–H groups in total. The summed E-state index contributed by atoms with van der Waals surface area (Å²) in [6.45, 7) is 4.49. The number of carboxylic acids is 1. The molecule has 0 aromatic carbocycles. The smallest absolute Gasteiger partial charge is 0.323 e. The molecule has 1 aliphatic rings. The van der Waals surface area contributed by atoms with Gasteiger partial charge in [-0.1, -0.05) is 0 Å². The summed E-state index contributed by atoms with van der Waals surface area (Å²) in [5.41, 5.74) is 0. The third kappa shape index (κ3) is 4.91. The first kappa shape index (κ1) is 14.8. The molecular formula is C12H22N2O4. The van der Waals surface area contributed by atoms with Crippen LogP contribution in [0.3, 0.4) is 0 Å². The monoisotopic (exact) mass is 258 g/mol. The summed E-state index contributed by atoms with van der Waals surface area (Å²) in [5.74, 6) is -1.01. The summed E-state index contributed by atoms with van der Waals surface area (Å²) < 4.78 is 5.50. The summed E-state index contributed by atoms with van der Waals surface area (Å²) in [4.78, 5) is 23.8. The molecule has 0 spiro atoms. The number of hydrogen-bond acceptors (Lipinski definition) is 3. The van der Waals surface area contributed by atoms with Crippen molar-refractivity contribution in [3.8, 4) is 0 Å². The predicted octanol–water partition coefficient (Wildman–Crippen LogP) is 1.06. The van der Waals surface area contributed by atoms with Crippen molar-refractivity contribution in [2.75, 3.05) is 19.7 Å². The van der Waals surface area contributed by atoms with E-state index in [2.05, 4.69) is 5.32 Å². The first-order valence-electron chi connectivity index (χ1n) is 6.38. The molecule has 0 bridgehead atoms. The van der Waals surface area contributed by atoms with Crippen LogP contribution in [0.5, 0.6) is 0 Å². The highest BCUT2D eigenvalue weighted by atomic mass is 16.5. The maximum atomic E-state index is 11.9. The Kier molecular flexibility index (Phi) is 5.91. The maximum absolute atomic E-state index is 11.9. The van der Waals surface area contributed by atoms with E-state index in [-0.39, 0.29) is 24.7 Å². The zero-order chi connectivity index (χ0) is 13.5. The van der Waals surface area contributed by atoms with E-state index in [9.17, 15) is 9.59 Å². The highest BCUT2D eigenvalue weighted by Gasteiger charge is 2.21. The Balaban J connectivity index is 2.38. The molecule has 1 aliphatic heterocycles. The number of nitrogens with one attached hydrogen (secondary N) is 1. The molecule has 1 atom stereocenters. The highest BCUT2D eigenvalue weighted by Crippen LogP contribution is 2.11. The highest BCUT2D eigenvalue weighted by molar-refractivity contribution is 5.80. The van der Waals surface area contributed by atoms with Crippen LogP contribution in [0.1, 0.15) is 33.1 Å². The predicted molar refractivity (Wildman–Crippen MR) is 66.5 cm³/mol. The molecule has 1 saturated heterocycles. The summed E-state index contributed by atoms with van der Waals surface area (Å²) in [6.07, 6.45) is 3.19. The number of aliphatic carboxylic acids is 1. The van der Waals surface area contributed by atoms with Crippen molar-refractivity contribution >= 4 is 12.0 Å². The number of carbonyl (C=O) groups is 2. The van der Waals surface area contributed by atoms with Gasteiger partial charge in [-0.05, 0) is 33.1 Å². The van der Waals surface area contributed by atoms with Crippen LogP contribution in [0, 0.1) is 0 Å². The lowest BCUT2D eigenvalue weighted by molar-refractivity contribution is -0.138. The normalized spacial score (nSPS) is 19.6. The molecule has 1 heterocycles. The molecule has 1 rings (SSSR count). The lowest BCUT2D eigenvalue weighted by Crippen LogP contribution is -2.48. The van der Waals surface area contributed by atoms with E-state index >= 15 is 0 Å². The van der Waals surface area contributed by atoms with E-state index in [1.165, 1.54) is 4.90 Å². The Hall–Kier alpha value is -1.30. The van der Waals surface area contributed by atoms with Gasteiger partial charge in [0, 0.05) is 19.2 Å². The second kappa shape index (κ2) is 7.20. The van der Waals surface area contributed by atoms with Gasteiger partial charge in [0.2, 0.25) is 0 Å². The van der Waals surface area contributed by atoms with Crippen LogP contribution < -0.4 is 5.32 Å². The standard InChI is InChI=1S/C12H22N2O4/c1-9(2)14(8-11(15)16)12(17)13-7-10-5-3-4-6-18-10/h9-10H,3-8H2,1-2H3,(H,13,17)(H,15,16). The molecule has 0 aromatic rings. The minimum atomic E-state index is -1.01. The number of amides is 2. The van der Waals surface area contributed by atoms with Crippen molar-refractivity contribution in [2.45, 2.75) is 45.3 Å². The van der Waals surface area contributed by atoms with Crippen LogP contribution in [-0.2, 0) is 9.53 Å². The third-order valence-corrected chi connectivity index (χ3v) is 2.94. The Morgan fingerprint density at radius 1 is 1.44 bits per heavy atom. The first-order valence-corrected chi connectivity index (χ1v) is 6.38. The van der Waals surface area contributed by atoms with E-state index in [0.29, 0.717) is 6.54 Å². The Morgan fingerprint density at radius 3 is 2.67 bits per heavy atom. The zero-order valence-corrected chi connectivity index (χ0v) is 11.0. The molecular weight excluding hydrogens is 236 g/mol. The molecule has 104 valence electrons. The number of hydrogen-bond donors (Lipinski definition) is 2. The third-order valence-electron chi connectivity index (χ3n) is 2.94. The molecule has 1 unspecified atom stereocenters. The van der Waals surface area contributed by atoms with Crippen LogP contribution in [-0.4, -0.2) is 53.8 Å². The van der Waals surface area contributed by atoms with Gasteiger partial charge in [-0.15, -0.1) is 0 Å². The van der Waals surface area contributed by atoms with Crippen LogP contribution in [0.2, 0.25) is 0 Å². The van der Waals surface area contributed by atoms with E-state index in [4.69, 9.17) is 9.84 Å². The van der Waals surface area contributed by atoms with Gasteiger partial charge < -0.3 is 20.1 Å². The van der Waals surface area contributed by atoms with Gasteiger partial charge in [0.1, 0.15) is 6.54 Å².